The van der Waals surface area contributed by atoms with E-state index >= 15 is 0 Å². The summed E-state index contributed by atoms with van der Waals surface area (Å²) in [6.07, 6.45) is 0.993. The van der Waals surface area contributed by atoms with Crippen molar-refractivity contribution in [2.45, 2.75) is 13.3 Å². The molecule has 0 aliphatic carbocycles. The van der Waals surface area contributed by atoms with Gasteiger partial charge in [-0.25, -0.2) is 9.37 Å². The van der Waals surface area contributed by atoms with Gasteiger partial charge in [-0.1, -0.05) is 42.5 Å². The summed E-state index contributed by atoms with van der Waals surface area (Å²) in [4.78, 5) is 21.7. The van der Waals surface area contributed by atoms with E-state index < -0.39 is 5.82 Å². The molecule has 1 fully saturated rings. The van der Waals surface area contributed by atoms with Gasteiger partial charge in [0.25, 0.3) is 5.91 Å². The van der Waals surface area contributed by atoms with Crippen molar-refractivity contribution in [3.63, 3.8) is 0 Å². The van der Waals surface area contributed by atoms with Crippen LogP contribution in [0.1, 0.15) is 22.8 Å². The number of hydrogen-bond donors (Lipinski definition) is 1. The highest BCUT2D eigenvalue weighted by atomic mass is 32.1. The molecule has 1 saturated heterocycles. The Labute approximate surface area is 174 Å². The first kappa shape index (κ1) is 19.8. The molecule has 152 valence electrons. The van der Waals surface area contributed by atoms with Crippen LogP contribution in [0.2, 0.25) is 0 Å². The predicted octanol–water partition coefficient (Wildman–Crippen LogP) is 3.55. The number of halogens is 1. The van der Waals surface area contributed by atoms with Gasteiger partial charge in [-0.2, -0.15) is 0 Å². The molecule has 3 aromatic rings. The number of amides is 1. The third-order valence-corrected chi connectivity index (χ3v) is 6.43. The van der Waals surface area contributed by atoms with Crippen LogP contribution >= 0.6 is 11.3 Å². The number of anilines is 1. The molecule has 7 heteroatoms. The lowest BCUT2D eigenvalue weighted by molar-refractivity contribution is 0.0943. The van der Waals surface area contributed by atoms with Crippen LogP contribution in [0.3, 0.4) is 0 Å². The molecule has 2 aromatic carbocycles. The maximum Gasteiger partial charge on any atom is 0.254 e. The predicted molar refractivity (Wildman–Crippen MR) is 116 cm³/mol. The summed E-state index contributed by atoms with van der Waals surface area (Å²) in [6, 6.07) is 12.5. The number of hydrogen-bond acceptors (Lipinski definition) is 5. The number of aryl methyl sites for hydroxylation is 1. The summed E-state index contributed by atoms with van der Waals surface area (Å²) in [5.74, 6) is -0.844. The first-order valence-corrected chi connectivity index (χ1v) is 10.9. The number of benzene rings is 2. The van der Waals surface area contributed by atoms with Gasteiger partial charge in [0, 0.05) is 39.3 Å². The van der Waals surface area contributed by atoms with Gasteiger partial charge < -0.3 is 10.2 Å². The van der Waals surface area contributed by atoms with Gasteiger partial charge in [0.2, 0.25) is 0 Å². The van der Waals surface area contributed by atoms with E-state index in [1.165, 1.54) is 22.4 Å². The lowest BCUT2D eigenvalue weighted by Gasteiger charge is -2.34. The second kappa shape index (κ2) is 8.88. The minimum Gasteiger partial charge on any atom is -0.351 e. The molecule has 0 spiro atoms. The molecule has 1 N–H and O–H groups in total. The fraction of sp³-hybridized carbons (Fsp3) is 0.364. The van der Waals surface area contributed by atoms with Crippen LogP contribution in [-0.4, -0.2) is 55.1 Å². The zero-order valence-electron chi connectivity index (χ0n) is 16.5. The van der Waals surface area contributed by atoms with Gasteiger partial charge in [0.1, 0.15) is 5.82 Å². The monoisotopic (exact) mass is 412 g/mol. The van der Waals surface area contributed by atoms with Crippen LogP contribution in [0.25, 0.3) is 10.2 Å². The summed E-state index contributed by atoms with van der Waals surface area (Å²) in [5.41, 5.74) is 2.53. The van der Waals surface area contributed by atoms with Crippen molar-refractivity contribution in [2.75, 3.05) is 44.2 Å². The average Bonchev–Trinajstić information content (AvgIpc) is 3.19. The van der Waals surface area contributed by atoms with E-state index in [2.05, 4.69) is 40.2 Å². The molecule has 1 aliphatic heterocycles. The summed E-state index contributed by atoms with van der Waals surface area (Å²) < 4.78 is 14.9. The van der Waals surface area contributed by atoms with E-state index in [1.54, 1.807) is 23.5 Å². The van der Waals surface area contributed by atoms with Gasteiger partial charge in [0.15, 0.2) is 5.13 Å². The molecule has 0 bridgehead atoms. The molecule has 29 heavy (non-hydrogen) atoms. The Bertz CT molecular complexity index is 997. The largest absolute Gasteiger partial charge is 0.351 e. The van der Waals surface area contributed by atoms with E-state index in [9.17, 15) is 9.18 Å². The Hall–Kier alpha value is -2.51. The van der Waals surface area contributed by atoms with Crippen LogP contribution in [0.5, 0.6) is 0 Å². The van der Waals surface area contributed by atoms with E-state index in [4.69, 9.17) is 4.98 Å². The summed E-state index contributed by atoms with van der Waals surface area (Å²) in [5, 5.41) is 3.91. The van der Waals surface area contributed by atoms with Crippen LogP contribution in [0.4, 0.5) is 9.52 Å². The molecular formula is C22H25FN4OS. The molecule has 1 aliphatic rings. The van der Waals surface area contributed by atoms with Gasteiger partial charge in [-0.05, 0) is 30.2 Å². The molecule has 5 nitrogen and oxygen atoms in total. The first-order valence-electron chi connectivity index (χ1n) is 10.0. The molecule has 0 unspecified atom stereocenters. The third-order valence-electron chi connectivity index (χ3n) is 5.35. The number of para-hydroxylation sites is 1. The van der Waals surface area contributed by atoms with Crippen LogP contribution in [0.15, 0.2) is 42.5 Å². The van der Waals surface area contributed by atoms with E-state index in [-0.39, 0.29) is 11.5 Å². The van der Waals surface area contributed by atoms with Crippen molar-refractivity contribution >= 4 is 32.6 Å². The molecule has 4 rings (SSSR count). The number of aromatic nitrogens is 1. The zero-order chi connectivity index (χ0) is 20.2. The fourth-order valence-corrected chi connectivity index (χ4v) is 4.71. The van der Waals surface area contributed by atoms with Gasteiger partial charge >= 0.3 is 0 Å². The number of nitrogens with zero attached hydrogens (tertiary/aromatic N) is 3. The first-order chi connectivity index (χ1) is 14.2. The van der Waals surface area contributed by atoms with Crippen LogP contribution in [0, 0.1) is 5.82 Å². The van der Waals surface area contributed by atoms with Crippen molar-refractivity contribution < 1.29 is 9.18 Å². The van der Waals surface area contributed by atoms with Gasteiger partial charge in [0.05, 0.1) is 15.8 Å². The smallest absolute Gasteiger partial charge is 0.254 e. The number of thiazole rings is 1. The van der Waals surface area contributed by atoms with Crippen LogP contribution < -0.4 is 10.2 Å². The Morgan fingerprint density at radius 2 is 1.93 bits per heavy atom. The van der Waals surface area contributed by atoms with Crippen molar-refractivity contribution in [3.8, 4) is 0 Å². The number of piperazine rings is 1. The number of carbonyl (C=O) groups is 1. The summed E-state index contributed by atoms with van der Waals surface area (Å²) in [6.45, 7) is 7.11. The van der Waals surface area contributed by atoms with E-state index in [0.717, 1.165) is 49.8 Å². The Kier molecular flexibility index (Phi) is 6.06. The van der Waals surface area contributed by atoms with Gasteiger partial charge in [-0.3, -0.25) is 9.69 Å². The van der Waals surface area contributed by atoms with E-state index in [1.807, 2.05) is 0 Å². The van der Waals surface area contributed by atoms with Crippen LogP contribution in [-0.2, 0) is 6.42 Å². The topological polar surface area (TPSA) is 48.5 Å². The molecule has 1 aromatic heterocycles. The quantitative estimate of drug-likeness (QED) is 0.673. The highest BCUT2D eigenvalue weighted by Gasteiger charge is 2.20. The summed E-state index contributed by atoms with van der Waals surface area (Å²) in [7, 11) is 0. The Balaban J connectivity index is 1.28. The normalized spacial score (nSPS) is 15.0. The van der Waals surface area contributed by atoms with Crippen molar-refractivity contribution in [2.24, 2.45) is 0 Å². The molecule has 0 atom stereocenters. The number of carbonyl (C=O) groups excluding carboxylic acids is 1. The zero-order valence-corrected chi connectivity index (χ0v) is 17.3. The maximum atomic E-state index is 13.7. The number of nitrogens with one attached hydrogen (secondary N) is 1. The third kappa shape index (κ3) is 4.41. The van der Waals surface area contributed by atoms with E-state index in [0.29, 0.717) is 6.54 Å². The van der Waals surface area contributed by atoms with Crippen molar-refractivity contribution in [3.05, 3.63) is 59.4 Å². The van der Waals surface area contributed by atoms with Gasteiger partial charge in [-0.15, -0.1) is 0 Å². The minimum atomic E-state index is -0.485. The van der Waals surface area contributed by atoms with Crippen molar-refractivity contribution in [1.82, 2.24) is 15.2 Å². The molecule has 2 heterocycles. The Morgan fingerprint density at radius 1 is 1.14 bits per heavy atom. The lowest BCUT2D eigenvalue weighted by atomic mass is 10.1. The average molecular weight is 413 g/mol. The minimum absolute atomic E-state index is 0.0969. The summed E-state index contributed by atoms with van der Waals surface area (Å²) >= 11 is 1.76. The molecule has 1 amide bonds. The Morgan fingerprint density at radius 3 is 2.69 bits per heavy atom. The highest BCUT2D eigenvalue weighted by molar-refractivity contribution is 7.22. The number of rotatable bonds is 6. The SMILES string of the molecule is CCc1cccc2sc(N3CCN(CCNC(=O)c4ccccc4F)CC3)nc12. The second-order valence-corrected chi connectivity index (χ2v) is 8.19. The lowest BCUT2D eigenvalue weighted by Crippen LogP contribution is -2.48. The second-order valence-electron chi connectivity index (χ2n) is 7.18. The highest BCUT2D eigenvalue weighted by Crippen LogP contribution is 2.31. The van der Waals surface area contributed by atoms with Crippen molar-refractivity contribution in [1.29, 1.82) is 0 Å². The molecular weight excluding hydrogens is 387 g/mol. The standard InChI is InChI=1S/C22H25FN4OS/c1-2-16-6-5-9-19-20(16)25-22(29-19)27-14-12-26(13-15-27)11-10-24-21(28)17-7-3-4-8-18(17)23/h3-9H,2,10-15H2,1H3,(H,24,28). The molecule has 0 radical (unpaired) electrons. The maximum absolute atomic E-state index is 13.7. The fourth-order valence-electron chi connectivity index (χ4n) is 3.65. The molecule has 0 saturated carbocycles. The number of fused-ring (bicyclic) bond motifs is 1.